The number of hydrogen-bond donors (Lipinski definition) is 8. The quantitative estimate of drug-likeness (QED) is 0.0386. The van der Waals surface area contributed by atoms with Crippen molar-refractivity contribution in [2.45, 2.75) is 101 Å². The number of halogens is 2. The zero-order valence-corrected chi connectivity index (χ0v) is 41.4. The van der Waals surface area contributed by atoms with Gasteiger partial charge in [0.25, 0.3) is 0 Å². The molecule has 1 saturated heterocycles. The molecular weight excluding hydrogens is 1020 g/mol. The second-order valence-electron chi connectivity index (χ2n) is 19.0. The van der Waals surface area contributed by atoms with Crippen LogP contribution in [0.4, 0.5) is 4.39 Å². The number of aliphatic hydroxyl groups is 1. The number of phosphoric ester groups is 1. The van der Waals surface area contributed by atoms with Crippen molar-refractivity contribution in [1.29, 1.82) is 0 Å². The van der Waals surface area contributed by atoms with E-state index in [1.165, 1.54) is 18.2 Å². The second kappa shape index (κ2) is 21.6. The second-order valence-corrected chi connectivity index (χ2v) is 20.8. The lowest BCUT2D eigenvalue weighted by molar-refractivity contribution is -0.231. The number of hydrogen-bond acceptors (Lipinski definition) is 13. The van der Waals surface area contributed by atoms with E-state index in [1.807, 2.05) is 36.4 Å². The van der Waals surface area contributed by atoms with Gasteiger partial charge in [-0.1, -0.05) is 83.0 Å². The van der Waals surface area contributed by atoms with Crippen LogP contribution >= 0.6 is 23.8 Å². The average Bonchev–Trinajstić information content (AvgIpc) is 3.83. The molecule has 2 aromatic carbocycles. The Morgan fingerprint density at radius 2 is 1.59 bits per heavy atom. The number of carboxylic acid groups (broad SMARTS) is 1. The number of alkyl halides is 2. The van der Waals surface area contributed by atoms with E-state index in [0.717, 1.165) is 16.7 Å². The normalized spacial score (nSPS) is 29.9. The van der Waals surface area contributed by atoms with Crippen molar-refractivity contribution >= 4 is 64.9 Å². The molecule has 20 nitrogen and oxygen atoms in total. The van der Waals surface area contributed by atoms with E-state index in [4.69, 9.17) is 23.8 Å². The van der Waals surface area contributed by atoms with E-state index < -0.39 is 128 Å². The summed E-state index contributed by atoms with van der Waals surface area (Å²) in [6, 6.07) is 13.6. The number of carbonyl (C=O) groups is 7. The predicted octanol–water partition coefficient (Wildman–Crippen LogP) is 2.66. The zero-order valence-electron chi connectivity index (χ0n) is 38.9. The summed E-state index contributed by atoms with van der Waals surface area (Å²) in [5.74, 6) is -6.15. The van der Waals surface area contributed by atoms with Crippen molar-refractivity contribution in [1.82, 2.24) is 21.3 Å². The van der Waals surface area contributed by atoms with E-state index in [0.29, 0.717) is 24.0 Å². The number of ketones is 2. The molecule has 384 valence electrons. The Kier molecular flexibility index (Phi) is 16.3. The molecule has 2 aromatic rings. The summed E-state index contributed by atoms with van der Waals surface area (Å²) in [4.78, 5) is 105. The lowest BCUT2D eigenvalue weighted by Crippen LogP contribution is -2.69. The first-order valence-electron chi connectivity index (χ1n) is 23.0. The Morgan fingerprint density at radius 1 is 0.930 bits per heavy atom. The fraction of sp³-hybridized carbons (Fsp3) is 0.521. The number of carboxylic acids is 1. The van der Waals surface area contributed by atoms with E-state index in [-0.39, 0.29) is 50.1 Å². The number of nitrogens with one attached hydrogen (secondary N) is 4. The van der Waals surface area contributed by atoms with Gasteiger partial charge < -0.3 is 55.5 Å². The largest absolute Gasteiger partial charge is 0.481 e. The summed E-state index contributed by atoms with van der Waals surface area (Å²) >= 11 is 2.94. The molecule has 3 saturated carbocycles. The minimum absolute atomic E-state index is 0.0404. The third kappa shape index (κ3) is 11.2. The fourth-order valence-electron chi connectivity index (χ4n) is 11.3. The summed E-state index contributed by atoms with van der Waals surface area (Å²) in [5, 5.41) is 30.4. The van der Waals surface area contributed by atoms with Crippen LogP contribution in [0.2, 0.25) is 0 Å². The van der Waals surface area contributed by atoms with E-state index in [2.05, 4.69) is 37.2 Å². The number of rotatable bonds is 21. The Morgan fingerprint density at radius 3 is 2.25 bits per heavy atom. The number of carbonyl (C=O) groups excluding carboxylic acids is 6. The Bertz CT molecular complexity index is 2530. The zero-order chi connectivity index (χ0) is 51.5. The van der Waals surface area contributed by atoms with Crippen molar-refractivity contribution in [2.24, 2.45) is 22.7 Å². The maximum atomic E-state index is 17.9. The summed E-state index contributed by atoms with van der Waals surface area (Å²) < 4.78 is 53.1. The first-order valence-corrected chi connectivity index (χ1v) is 25.7. The lowest BCUT2D eigenvalue weighted by atomic mass is 9.44. The van der Waals surface area contributed by atoms with Gasteiger partial charge in [-0.15, -0.1) is 0 Å². The summed E-state index contributed by atoms with van der Waals surface area (Å²) in [7, 11) is -5.10. The van der Waals surface area contributed by atoms with E-state index in [1.54, 1.807) is 26.0 Å². The summed E-state index contributed by atoms with van der Waals surface area (Å²) in [6.07, 6.45) is 1.07. The molecule has 4 aliphatic carbocycles. The Labute approximate surface area is 416 Å². The predicted molar refractivity (Wildman–Crippen MR) is 250 cm³/mol. The highest BCUT2D eigenvalue weighted by Gasteiger charge is 2.79. The molecule has 71 heavy (non-hydrogen) atoms. The van der Waals surface area contributed by atoms with Crippen LogP contribution in [0.25, 0.3) is 0 Å². The van der Waals surface area contributed by atoms with Crippen molar-refractivity contribution < 1.29 is 81.3 Å². The molecule has 0 unspecified atom stereocenters. The van der Waals surface area contributed by atoms with Crippen LogP contribution in [-0.2, 0) is 69.9 Å². The van der Waals surface area contributed by atoms with Gasteiger partial charge in [-0.2, -0.15) is 0 Å². The number of fused-ring (bicyclic) bond motifs is 7. The molecule has 23 heteroatoms. The van der Waals surface area contributed by atoms with Gasteiger partial charge in [0.05, 0.1) is 37.2 Å². The number of benzene rings is 2. The molecule has 0 radical (unpaired) electrons. The molecule has 4 fully saturated rings. The van der Waals surface area contributed by atoms with Crippen LogP contribution in [0.3, 0.4) is 0 Å². The number of phosphoric acid groups is 1. The van der Waals surface area contributed by atoms with Crippen LogP contribution < -0.4 is 21.3 Å². The number of aliphatic hydroxyl groups excluding tert-OH is 1. The van der Waals surface area contributed by atoms with Crippen LogP contribution in [0.1, 0.15) is 80.9 Å². The van der Waals surface area contributed by atoms with Crippen LogP contribution in [0.5, 0.6) is 0 Å². The first kappa shape index (κ1) is 53.8. The molecule has 0 bridgehead atoms. The summed E-state index contributed by atoms with van der Waals surface area (Å²) in [6.45, 7) is 1.46. The number of ether oxygens (including phenoxy) is 3. The maximum Gasteiger partial charge on any atom is 0.470 e. The molecule has 4 amide bonds. The van der Waals surface area contributed by atoms with Crippen molar-refractivity contribution in [2.75, 3.05) is 31.8 Å². The standard InChI is InChI=1S/C48H57BrFN4O16P/c1-45-16-15-32(55)18-31(45)11-12-33-34-19-38-48(37(57)25-68-71(64,65)66,46(34,2)20-36(56)47(33,45)50)70-44(69-38)30-9-7-28(8-10-30)17-27-3-5-29(6-4-27)24-67-26-53-40(59)22-52-43(63)35(13-14-42(61)62)54-41(60)23-51-39(58)21-49/h3-10,15-16,18,33-36,38,44,56H,11-14,17,19-26H2,1-2H3,(H,51,58)(H,52,63)(H,53,59)(H,54,60)(H,61,62)(H2,64,65,66)/t33-,34-,35-,36-,38+,44+,45-,46-,47-,48+/m0/s1. The van der Waals surface area contributed by atoms with Gasteiger partial charge in [0.1, 0.15) is 19.4 Å². The topological polar surface area (TPSA) is 303 Å². The number of Topliss-reactive ketones (excluding diaryl/α,β-unsaturated/α-hetero) is 1. The molecule has 1 aliphatic heterocycles. The number of amides is 4. The smallest absolute Gasteiger partial charge is 0.470 e. The molecule has 1 heterocycles. The first-order chi connectivity index (χ1) is 33.5. The van der Waals surface area contributed by atoms with Crippen LogP contribution in [0.15, 0.2) is 72.3 Å². The monoisotopic (exact) mass is 1070 g/mol. The average molecular weight is 1080 g/mol. The van der Waals surface area contributed by atoms with Gasteiger partial charge in [0.2, 0.25) is 23.6 Å². The molecule has 8 N–H and O–H groups in total. The van der Waals surface area contributed by atoms with Crippen LogP contribution in [0, 0.1) is 22.7 Å². The lowest BCUT2D eigenvalue weighted by Gasteiger charge is -2.62. The maximum absolute atomic E-state index is 17.9. The van der Waals surface area contributed by atoms with Crippen LogP contribution in [-0.4, -0.2) is 122 Å². The fourth-order valence-corrected chi connectivity index (χ4v) is 11.8. The molecular formula is C48H57BrFN4O16P. The number of aliphatic carboxylic acids is 1. The van der Waals surface area contributed by atoms with Gasteiger partial charge in [0, 0.05) is 28.7 Å². The SMILES string of the molecule is C[C@]12C=CC(=O)C=C1CC[C@H]1[C@@H]3C[C@H]4O[C@@H](c5ccc(Cc6ccc(COCNC(=O)CNC(=O)[C@H](CCC(=O)O)NC(=O)CNC(=O)CBr)cc6)cc5)O[C@@]4(C(=O)COP(=O)(O)O)[C@@]3(C)C[C@H](O)[C@@]12F. The van der Waals surface area contributed by atoms with Crippen molar-refractivity contribution in [3.8, 4) is 0 Å². The van der Waals surface area contributed by atoms with Gasteiger partial charge >= 0.3 is 13.8 Å². The Balaban J connectivity index is 0.925. The third-order valence-electron chi connectivity index (χ3n) is 14.8. The third-order valence-corrected chi connectivity index (χ3v) is 15.7. The highest BCUT2D eigenvalue weighted by Crippen LogP contribution is 2.72. The highest BCUT2D eigenvalue weighted by molar-refractivity contribution is 9.09. The van der Waals surface area contributed by atoms with Gasteiger partial charge in [-0.3, -0.25) is 38.1 Å². The molecule has 0 spiro atoms. The van der Waals surface area contributed by atoms with Crippen molar-refractivity contribution in [3.63, 3.8) is 0 Å². The van der Waals surface area contributed by atoms with Gasteiger partial charge in [0.15, 0.2) is 29.1 Å². The number of allylic oxidation sites excluding steroid dienone is 4. The van der Waals surface area contributed by atoms with Gasteiger partial charge in [-0.25, -0.2) is 8.96 Å². The molecule has 10 atom stereocenters. The molecule has 0 aromatic heterocycles. The van der Waals surface area contributed by atoms with Gasteiger partial charge in [-0.05, 0) is 80.2 Å². The van der Waals surface area contributed by atoms with E-state index in [9.17, 15) is 53.0 Å². The summed E-state index contributed by atoms with van der Waals surface area (Å²) in [5.41, 5.74) is -2.77. The minimum atomic E-state index is -5.10. The molecule has 7 rings (SSSR count). The van der Waals surface area contributed by atoms with Crippen molar-refractivity contribution in [3.05, 3.63) is 94.6 Å². The molecule has 5 aliphatic rings. The Hall–Kier alpha value is -5.03. The van der Waals surface area contributed by atoms with E-state index >= 15 is 4.39 Å². The minimum Gasteiger partial charge on any atom is -0.481 e. The highest BCUT2D eigenvalue weighted by atomic mass is 79.9.